The lowest BCUT2D eigenvalue weighted by Crippen LogP contribution is -2.29. The van der Waals surface area contributed by atoms with Gasteiger partial charge < -0.3 is 10.0 Å². The van der Waals surface area contributed by atoms with Crippen LogP contribution in [0.25, 0.3) is 0 Å². The van der Waals surface area contributed by atoms with Crippen LogP contribution < -0.4 is 4.90 Å². The summed E-state index contributed by atoms with van der Waals surface area (Å²) in [5, 5.41) is 9.76. The average Bonchev–Trinajstić information content (AvgIpc) is 2.48. The zero-order chi connectivity index (χ0) is 14.3. The third-order valence-electron chi connectivity index (χ3n) is 3.88. The summed E-state index contributed by atoms with van der Waals surface area (Å²) >= 11 is 0. The molecule has 1 heterocycles. The Labute approximate surface area is 117 Å². The van der Waals surface area contributed by atoms with Crippen molar-refractivity contribution >= 4 is 5.69 Å². The number of hydrogen-bond acceptors (Lipinski definition) is 3. The number of nitrogens with zero attached hydrogens (tertiary/aromatic N) is 2. The fraction of sp³-hybridized carbons (Fsp3) is 0.688. The van der Waals surface area contributed by atoms with Crippen LogP contribution in [0.1, 0.15) is 58.8 Å². The maximum atomic E-state index is 9.76. The molecule has 1 atom stereocenters. The van der Waals surface area contributed by atoms with Gasteiger partial charge in [-0.1, -0.05) is 33.6 Å². The van der Waals surface area contributed by atoms with Crippen LogP contribution in [0.4, 0.5) is 5.69 Å². The van der Waals surface area contributed by atoms with Crippen molar-refractivity contribution in [1.29, 1.82) is 0 Å². The molecule has 108 valence electrons. The molecule has 0 aliphatic rings. The molecule has 0 spiro atoms. The van der Waals surface area contributed by atoms with E-state index in [1.165, 1.54) is 12.8 Å². The summed E-state index contributed by atoms with van der Waals surface area (Å²) < 4.78 is 0. The first-order valence-corrected chi connectivity index (χ1v) is 7.55. The van der Waals surface area contributed by atoms with Crippen molar-refractivity contribution < 1.29 is 5.11 Å². The molecular weight excluding hydrogens is 236 g/mol. The molecule has 1 aromatic heterocycles. The lowest BCUT2D eigenvalue weighted by Gasteiger charge is -2.27. The predicted octanol–water partition coefficient (Wildman–Crippen LogP) is 3.79. The molecule has 0 amide bonds. The second kappa shape index (κ2) is 8.16. The molecule has 0 aliphatic carbocycles. The quantitative estimate of drug-likeness (QED) is 0.776. The molecule has 0 saturated carbocycles. The second-order valence-corrected chi connectivity index (χ2v) is 5.09. The summed E-state index contributed by atoms with van der Waals surface area (Å²) in [5.41, 5.74) is 1.92. The molecule has 19 heavy (non-hydrogen) atoms. The summed E-state index contributed by atoms with van der Waals surface area (Å²) in [4.78, 5) is 6.75. The highest BCUT2D eigenvalue weighted by atomic mass is 16.3. The highest BCUT2D eigenvalue weighted by Crippen LogP contribution is 2.20. The molecule has 0 unspecified atom stereocenters. The van der Waals surface area contributed by atoms with Crippen LogP contribution in [0.5, 0.6) is 0 Å². The van der Waals surface area contributed by atoms with Crippen molar-refractivity contribution in [2.24, 2.45) is 5.92 Å². The lowest BCUT2D eigenvalue weighted by molar-refractivity contribution is 0.169. The van der Waals surface area contributed by atoms with Gasteiger partial charge in [0, 0.05) is 13.1 Å². The van der Waals surface area contributed by atoms with E-state index in [0.29, 0.717) is 6.42 Å². The first-order valence-electron chi connectivity index (χ1n) is 7.55. The maximum Gasteiger partial charge on any atom is 0.0957 e. The number of aromatic nitrogens is 1. The normalized spacial score (nSPS) is 12.7. The van der Waals surface area contributed by atoms with Gasteiger partial charge in [0.15, 0.2) is 0 Å². The third kappa shape index (κ3) is 4.50. The Hall–Kier alpha value is -1.09. The number of hydrogen-bond donors (Lipinski definition) is 1. The zero-order valence-electron chi connectivity index (χ0n) is 12.8. The van der Waals surface area contributed by atoms with E-state index in [2.05, 4.69) is 36.7 Å². The molecule has 3 heteroatoms. The number of aliphatic hydroxyl groups excluding tert-OH is 1. The molecule has 1 aromatic rings. The van der Waals surface area contributed by atoms with Crippen LogP contribution in [0, 0.1) is 5.92 Å². The van der Waals surface area contributed by atoms with E-state index in [4.69, 9.17) is 0 Å². The Morgan fingerprint density at radius 3 is 2.21 bits per heavy atom. The van der Waals surface area contributed by atoms with Crippen LogP contribution in [-0.4, -0.2) is 23.2 Å². The SMILES string of the molecule is CCC(CC)CN(CC)c1ccc([C@H](O)CC)nc1. The van der Waals surface area contributed by atoms with Gasteiger partial charge >= 0.3 is 0 Å². The highest BCUT2D eigenvalue weighted by Gasteiger charge is 2.12. The van der Waals surface area contributed by atoms with Crippen molar-refractivity contribution in [2.45, 2.75) is 53.1 Å². The lowest BCUT2D eigenvalue weighted by atomic mass is 10.0. The summed E-state index contributed by atoms with van der Waals surface area (Å²) in [6.45, 7) is 10.7. The Bertz CT molecular complexity index is 346. The van der Waals surface area contributed by atoms with Gasteiger partial charge in [-0.25, -0.2) is 0 Å². The predicted molar refractivity (Wildman–Crippen MR) is 81.4 cm³/mol. The van der Waals surface area contributed by atoms with E-state index in [0.717, 1.165) is 30.4 Å². The van der Waals surface area contributed by atoms with Crippen molar-refractivity contribution in [3.05, 3.63) is 24.0 Å². The van der Waals surface area contributed by atoms with E-state index in [1.54, 1.807) is 0 Å². The number of aliphatic hydroxyl groups is 1. The van der Waals surface area contributed by atoms with Gasteiger partial charge in [-0.05, 0) is 31.4 Å². The van der Waals surface area contributed by atoms with Crippen LogP contribution in [0.3, 0.4) is 0 Å². The zero-order valence-corrected chi connectivity index (χ0v) is 12.8. The van der Waals surface area contributed by atoms with Crippen LogP contribution >= 0.6 is 0 Å². The Morgan fingerprint density at radius 2 is 1.79 bits per heavy atom. The largest absolute Gasteiger partial charge is 0.387 e. The molecule has 0 radical (unpaired) electrons. The fourth-order valence-electron chi connectivity index (χ4n) is 2.27. The van der Waals surface area contributed by atoms with Crippen molar-refractivity contribution in [2.75, 3.05) is 18.0 Å². The van der Waals surface area contributed by atoms with Crippen molar-refractivity contribution in [3.63, 3.8) is 0 Å². The van der Waals surface area contributed by atoms with Crippen molar-refractivity contribution in [1.82, 2.24) is 4.98 Å². The standard InChI is InChI=1S/C16H28N2O/c1-5-13(6-2)12-18(8-4)14-9-10-15(17-11-14)16(19)7-3/h9-11,13,16,19H,5-8,12H2,1-4H3/t16-/m1/s1. The summed E-state index contributed by atoms with van der Waals surface area (Å²) in [6, 6.07) is 4.02. The third-order valence-corrected chi connectivity index (χ3v) is 3.88. The van der Waals surface area contributed by atoms with E-state index >= 15 is 0 Å². The van der Waals surface area contributed by atoms with Crippen LogP contribution in [0.15, 0.2) is 18.3 Å². The van der Waals surface area contributed by atoms with Gasteiger partial charge in [0.1, 0.15) is 0 Å². The minimum atomic E-state index is -0.442. The number of pyridine rings is 1. The fourth-order valence-corrected chi connectivity index (χ4v) is 2.27. The first kappa shape index (κ1) is 16.0. The van der Waals surface area contributed by atoms with Gasteiger partial charge in [-0.2, -0.15) is 0 Å². The Kier molecular flexibility index (Phi) is 6.85. The highest BCUT2D eigenvalue weighted by molar-refractivity contribution is 5.44. The molecule has 0 aromatic carbocycles. The molecule has 0 aliphatic heterocycles. The molecule has 0 saturated heterocycles. The van der Waals surface area contributed by atoms with E-state index < -0.39 is 6.10 Å². The van der Waals surface area contributed by atoms with Gasteiger partial charge in [0.05, 0.1) is 23.7 Å². The summed E-state index contributed by atoms with van der Waals surface area (Å²) in [7, 11) is 0. The molecular formula is C16H28N2O. The molecule has 3 nitrogen and oxygen atoms in total. The van der Waals surface area contributed by atoms with Gasteiger partial charge in [0.2, 0.25) is 0 Å². The Morgan fingerprint density at radius 1 is 1.11 bits per heavy atom. The summed E-state index contributed by atoms with van der Waals surface area (Å²) in [6.07, 6.45) is 4.58. The van der Waals surface area contributed by atoms with E-state index in [-0.39, 0.29) is 0 Å². The topological polar surface area (TPSA) is 36.4 Å². The molecule has 0 fully saturated rings. The minimum absolute atomic E-state index is 0.442. The molecule has 1 rings (SSSR count). The minimum Gasteiger partial charge on any atom is -0.387 e. The monoisotopic (exact) mass is 264 g/mol. The van der Waals surface area contributed by atoms with Crippen LogP contribution in [0.2, 0.25) is 0 Å². The Balaban J connectivity index is 2.76. The second-order valence-electron chi connectivity index (χ2n) is 5.09. The molecule has 1 N–H and O–H groups in total. The van der Waals surface area contributed by atoms with Crippen LogP contribution in [-0.2, 0) is 0 Å². The molecule has 0 bridgehead atoms. The van der Waals surface area contributed by atoms with Crippen molar-refractivity contribution in [3.8, 4) is 0 Å². The van der Waals surface area contributed by atoms with E-state index in [9.17, 15) is 5.11 Å². The van der Waals surface area contributed by atoms with Gasteiger partial charge in [0.25, 0.3) is 0 Å². The number of anilines is 1. The van der Waals surface area contributed by atoms with Gasteiger partial charge in [-0.15, -0.1) is 0 Å². The average molecular weight is 264 g/mol. The smallest absolute Gasteiger partial charge is 0.0957 e. The van der Waals surface area contributed by atoms with E-state index in [1.807, 2.05) is 19.2 Å². The first-order chi connectivity index (χ1) is 9.15. The van der Waals surface area contributed by atoms with Gasteiger partial charge in [-0.3, -0.25) is 4.98 Å². The number of rotatable bonds is 8. The maximum absolute atomic E-state index is 9.76. The summed E-state index contributed by atoms with van der Waals surface area (Å²) in [5.74, 6) is 0.737.